The van der Waals surface area contributed by atoms with Crippen molar-refractivity contribution in [3.63, 3.8) is 0 Å². The van der Waals surface area contributed by atoms with Crippen LogP contribution in [0.3, 0.4) is 0 Å². The van der Waals surface area contributed by atoms with Crippen molar-refractivity contribution in [1.82, 2.24) is 9.97 Å². The summed E-state index contributed by atoms with van der Waals surface area (Å²) in [6.45, 7) is 4.87. The van der Waals surface area contributed by atoms with E-state index in [9.17, 15) is 0 Å². The Morgan fingerprint density at radius 2 is 2.05 bits per heavy atom. The van der Waals surface area contributed by atoms with Crippen LogP contribution >= 0.6 is 0 Å². The van der Waals surface area contributed by atoms with Crippen LogP contribution in [0, 0.1) is 18.3 Å². The van der Waals surface area contributed by atoms with Gasteiger partial charge in [0.15, 0.2) is 0 Å². The van der Waals surface area contributed by atoms with Gasteiger partial charge >= 0.3 is 0 Å². The standard InChI is InChI=1S/C17H19N5/c1-13-4-6-15(17(21-13)22-8-2-3-9-22)12-20-16-7-5-14(10-18)11-19-16/h4-7,11H,2-3,8-9,12H2,1H3,(H,19,20). The smallest absolute Gasteiger partial charge is 0.133 e. The van der Waals surface area contributed by atoms with E-state index in [0.717, 1.165) is 30.4 Å². The lowest BCUT2D eigenvalue weighted by molar-refractivity contribution is 0.906. The van der Waals surface area contributed by atoms with Gasteiger partial charge in [-0.1, -0.05) is 6.07 Å². The molecule has 1 saturated heterocycles. The number of hydrogen-bond acceptors (Lipinski definition) is 5. The van der Waals surface area contributed by atoms with Crippen LogP contribution in [0.25, 0.3) is 0 Å². The van der Waals surface area contributed by atoms with E-state index < -0.39 is 0 Å². The summed E-state index contributed by atoms with van der Waals surface area (Å²) >= 11 is 0. The molecular formula is C17H19N5. The number of nitriles is 1. The third-order valence-corrected chi connectivity index (χ3v) is 3.85. The van der Waals surface area contributed by atoms with E-state index in [1.807, 2.05) is 19.1 Å². The van der Waals surface area contributed by atoms with Gasteiger partial charge in [-0.15, -0.1) is 0 Å². The maximum atomic E-state index is 8.80. The van der Waals surface area contributed by atoms with E-state index in [-0.39, 0.29) is 0 Å². The van der Waals surface area contributed by atoms with E-state index in [4.69, 9.17) is 10.2 Å². The maximum absolute atomic E-state index is 8.80. The first-order valence-electron chi connectivity index (χ1n) is 7.58. The Kier molecular flexibility index (Phi) is 4.19. The van der Waals surface area contributed by atoms with Crippen LogP contribution in [-0.2, 0) is 6.54 Å². The molecular weight excluding hydrogens is 274 g/mol. The number of aromatic nitrogens is 2. The molecule has 1 N–H and O–H groups in total. The molecule has 1 aliphatic rings. The molecule has 2 aromatic heterocycles. The summed E-state index contributed by atoms with van der Waals surface area (Å²) in [5.74, 6) is 1.85. The molecule has 0 saturated carbocycles. The van der Waals surface area contributed by atoms with Crippen molar-refractivity contribution in [1.29, 1.82) is 5.26 Å². The molecule has 1 aliphatic heterocycles. The zero-order valence-corrected chi connectivity index (χ0v) is 12.7. The highest BCUT2D eigenvalue weighted by Gasteiger charge is 2.17. The van der Waals surface area contributed by atoms with E-state index in [0.29, 0.717) is 12.1 Å². The highest BCUT2D eigenvalue weighted by molar-refractivity contribution is 5.50. The molecule has 0 bridgehead atoms. The predicted molar refractivity (Wildman–Crippen MR) is 86.7 cm³/mol. The van der Waals surface area contributed by atoms with Crippen LogP contribution in [0.5, 0.6) is 0 Å². The number of pyridine rings is 2. The van der Waals surface area contributed by atoms with Gasteiger partial charge in [0, 0.05) is 37.1 Å². The Balaban J connectivity index is 1.75. The summed E-state index contributed by atoms with van der Waals surface area (Å²) in [5, 5.41) is 12.1. The molecule has 112 valence electrons. The lowest BCUT2D eigenvalue weighted by Gasteiger charge is -2.21. The Morgan fingerprint density at radius 3 is 2.73 bits per heavy atom. The van der Waals surface area contributed by atoms with Crippen LogP contribution in [0.4, 0.5) is 11.6 Å². The lowest BCUT2D eigenvalue weighted by atomic mass is 10.2. The number of anilines is 2. The fraction of sp³-hybridized carbons (Fsp3) is 0.353. The monoisotopic (exact) mass is 293 g/mol. The van der Waals surface area contributed by atoms with Gasteiger partial charge in [0.05, 0.1) is 5.56 Å². The van der Waals surface area contributed by atoms with Crippen LogP contribution in [0.1, 0.15) is 29.7 Å². The molecule has 3 heterocycles. The van der Waals surface area contributed by atoms with Gasteiger partial charge in [0.25, 0.3) is 0 Å². The largest absolute Gasteiger partial charge is 0.366 e. The molecule has 5 nitrogen and oxygen atoms in total. The number of rotatable bonds is 4. The molecule has 1 fully saturated rings. The van der Waals surface area contributed by atoms with Crippen LogP contribution < -0.4 is 10.2 Å². The fourth-order valence-corrected chi connectivity index (χ4v) is 2.66. The van der Waals surface area contributed by atoms with Crippen molar-refractivity contribution in [2.75, 3.05) is 23.3 Å². The normalized spacial score (nSPS) is 13.9. The molecule has 2 aromatic rings. The van der Waals surface area contributed by atoms with Crippen LogP contribution in [0.15, 0.2) is 30.5 Å². The first kappa shape index (κ1) is 14.3. The van der Waals surface area contributed by atoms with Gasteiger partial charge in [-0.2, -0.15) is 5.26 Å². The molecule has 0 unspecified atom stereocenters. The average molecular weight is 293 g/mol. The van der Waals surface area contributed by atoms with Gasteiger partial charge in [-0.3, -0.25) is 0 Å². The van der Waals surface area contributed by atoms with Gasteiger partial charge in [-0.25, -0.2) is 9.97 Å². The van der Waals surface area contributed by atoms with Crippen molar-refractivity contribution < 1.29 is 0 Å². The minimum Gasteiger partial charge on any atom is -0.366 e. The van der Waals surface area contributed by atoms with Gasteiger partial charge in [-0.05, 0) is 38.0 Å². The first-order valence-corrected chi connectivity index (χ1v) is 7.58. The highest BCUT2D eigenvalue weighted by Crippen LogP contribution is 2.23. The second kappa shape index (κ2) is 6.44. The molecule has 5 heteroatoms. The zero-order valence-electron chi connectivity index (χ0n) is 12.7. The maximum Gasteiger partial charge on any atom is 0.133 e. The van der Waals surface area contributed by atoms with Crippen LogP contribution in [-0.4, -0.2) is 23.1 Å². The average Bonchev–Trinajstić information content (AvgIpc) is 3.08. The quantitative estimate of drug-likeness (QED) is 0.939. The summed E-state index contributed by atoms with van der Waals surface area (Å²) in [6.07, 6.45) is 4.05. The molecule has 0 spiro atoms. The summed E-state index contributed by atoms with van der Waals surface area (Å²) in [5.41, 5.74) is 2.79. The Bertz CT molecular complexity index is 681. The fourth-order valence-electron chi connectivity index (χ4n) is 2.66. The van der Waals surface area contributed by atoms with Crippen molar-refractivity contribution in [3.05, 3.63) is 47.3 Å². The summed E-state index contributed by atoms with van der Waals surface area (Å²) in [4.78, 5) is 11.3. The third kappa shape index (κ3) is 3.17. The summed E-state index contributed by atoms with van der Waals surface area (Å²) in [6, 6.07) is 9.85. The van der Waals surface area contributed by atoms with Gasteiger partial charge < -0.3 is 10.2 Å². The number of hydrogen-bond donors (Lipinski definition) is 1. The molecule has 0 aliphatic carbocycles. The number of nitrogens with zero attached hydrogens (tertiary/aromatic N) is 4. The summed E-state index contributed by atoms with van der Waals surface area (Å²) < 4.78 is 0. The molecule has 0 amide bonds. The molecule has 3 rings (SSSR count). The van der Waals surface area contributed by atoms with Crippen molar-refractivity contribution in [2.24, 2.45) is 0 Å². The molecule has 0 atom stereocenters. The number of nitrogens with one attached hydrogen (secondary N) is 1. The predicted octanol–water partition coefficient (Wildman–Crippen LogP) is 2.87. The topological polar surface area (TPSA) is 64.8 Å². The molecule has 0 radical (unpaired) electrons. The SMILES string of the molecule is Cc1ccc(CNc2ccc(C#N)cn2)c(N2CCCC2)n1. The third-order valence-electron chi connectivity index (χ3n) is 3.85. The zero-order chi connectivity index (χ0) is 15.4. The van der Waals surface area contributed by atoms with Crippen LogP contribution in [0.2, 0.25) is 0 Å². The van der Waals surface area contributed by atoms with E-state index in [1.54, 1.807) is 12.3 Å². The minimum atomic E-state index is 0.570. The van der Waals surface area contributed by atoms with E-state index in [2.05, 4.69) is 27.3 Å². The Morgan fingerprint density at radius 1 is 1.23 bits per heavy atom. The first-order chi connectivity index (χ1) is 10.8. The second-order valence-corrected chi connectivity index (χ2v) is 5.53. The molecule has 0 aromatic carbocycles. The Labute approximate surface area is 130 Å². The molecule has 22 heavy (non-hydrogen) atoms. The minimum absolute atomic E-state index is 0.570. The van der Waals surface area contributed by atoms with E-state index in [1.165, 1.54) is 18.4 Å². The van der Waals surface area contributed by atoms with E-state index >= 15 is 0 Å². The van der Waals surface area contributed by atoms with Crippen molar-refractivity contribution in [3.8, 4) is 6.07 Å². The lowest BCUT2D eigenvalue weighted by Crippen LogP contribution is -2.21. The van der Waals surface area contributed by atoms with Crippen molar-refractivity contribution in [2.45, 2.75) is 26.3 Å². The summed E-state index contributed by atoms with van der Waals surface area (Å²) in [7, 11) is 0. The van der Waals surface area contributed by atoms with Crippen molar-refractivity contribution >= 4 is 11.6 Å². The van der Waals surface area contributed by atoms with Gasteiger partial charge in [0.2, 0.25) is 0 Å². The van der Waals surface area contributed by atoms with Gasteiger partial charge in [0.1, 0.15) is 17.7 Å². The second-order valence-electron chi connectivity index (χ2n) is 5.53. The Hall–Kier alpha value is -2.61. The highest BCUT2D eigenvalue weighted by atomic mass is 15.2. The number of aryl methyl sites for hydroxylation is 1.